The maximum atomic E-state index is 13.1. The zero-order chi connectivity index (χ0) is 9.42. The summed E-state index contributed by atoms with van der Waals surface area (Å²) in [5.74, 6) is -1.49. The first kappa shape index (κ1) is 7.98. The standard InChI is InChI=1S/C10H6F2O/c11-7-4-6-2-1-3-8(12)10(6)9(13)5-7/h1-5,13H. The minimum Gasteiger partial charge on any atom is -0.507 e. The summed E-state index contributed by atoms with van der Waals surface area (Å²) in [4.78, 5) is 0. The fourth-order valence-electron chi connectivity index (χ4n) is 1.32. The van der Waals surface area contributed by atoms with Gasteiger partial charge in [-0.25, -0.2) is 8.78 Å². The van der Waals surface area contributed by atoms with E-state index in [1.807, 2.05) is 0 Å². The molecule has 0 saturated heterocycles. The number of phenols is 1. The van der Waals surface area contributed by atoms with E-state index in [9.17, 15) is 13.9 Å². The van der Waals surface area contributed by atoms with Crippen LogP contribution in [0, 0.1) is 11.6 Å². The lowest BCUT2D eigenvalue weighted by molar-refractivity contribution is 0.473. The van der Waals surface area contributed by atoms with Gasteiger partial charge in [0.15, 0.2) is 0 Å². The number of hydrogen-bond donors (Lipinski definition) is 1. The molecule has 0 aromatic heterocycles. The van der Waals surface area contributed by atoms with Gasteiger partial charge in [-0.15, -0.1) is 0 Å². The molecule has 2 aromatic rings. The first-order valence-corrected chi connectivity index (χ1v) is 3.75. The van der Waals surface area contributed by atoms with Crippen LogP contribution < -0.4 is 0 Å². The van der Waals surface area contributed by atoms with E-state index in [0.717, 1.165) is 6.07 Å². The molecule has 0 atom stereocenters. The Morgan fingerprint density at radius 2 is 1.85 bits per heavy atom. The van der Waals surface area contributed by atoms with Gasteiger partial charge in [0.2, 0.25) is 0 Å². The van der Waals surface area contributed by atoms with Crippen LogP contribution in [-0.4, -0.2) is 5.11 Å². The number of rotatable bonds is 0. The van der Waals surface area contributed by atoms with E-state index in [2.05, 4.69) is 0 Å². The summed E-state index contributed by atoms with van der Waals surface area (Å²) in [7, 11) is 0. The number of benzene rings is 2. The molecule has 0 aliphatic heterocycles. The van der Waals surface area contributed by atoms with Gasteiger partial charge in [-0.1, -0.05) is 12.1 Å². The molecule has 3 heteroatoms. The van der Waals surface area contributed by atoms with Gasteiger partial charge >= 0.3 is 0 Å². The lowest BCUT2D eigenvalue weighted by Crippen LogP contribution is -1.82. The Balaban J connectivity index is 2.94. The van der Waals surface area contributed by atoms with Crippen molar-refractivity contribution in [2.45, 2.75) is 0 Å². The Morgan fingerprint density at radius 1 is 1.08 bits per heavy atom. The largest absolute Gasteiger partial charge is 0.507 e. The third-order valence-corrected chi connectivity index (χ3v) is 1.87. The van der Waals surface area contributed by atoms with Gasteiger partial charge in [-0.3, -0.25) is 0 Å². The van der Waals surface area contributed by atoms with Crippen LogP contribution in [0.3, 0.4) is 0 Å². The van der Waals surface area contributed by atoms with Crippen molar-refractivity contribution in [2.75, 3.05) is 0 Å². The smallest absolute Gasteiger partial charge is 0.134 e. The maximum absolute atomic E-state index is 13.1. The van der Waals surface area contributed by atoms with Gasteiger partial charge in [0, 0.05) is 6.07 Å². The molecule has 1 N–H and O–H groups in total. The van der Waals surface area contributed by atoms with E-state index in [4.69, 9.17) is 0 Å². The van der Waals surface area contributed by atoms with E-state index in [1.165, 1.54) is 18.2 Å². The lowest BCUT2D eigenvalue weighted by Gasteiger charge is -2.01. The molecule has 0 spiro atoms. The van der Waals surface area contributed by atoms with E-state index < -0.39 is 11.6 Å². The molecule has 1 nitrogen and oxygen atoms in total. The number of halogens is 2. The molecule has 0 aliphatic rings. The molecule has 66 valence electrons. The fourth-order valence-corrected chi connectivity index (χ4v) is 1.32. The highest BCUT2D eigenvalue weighted by atomic mass is 19.1. The summed E-state index contributed by atoms with van der Waals surface area (Å²) in [6, 6.07) is 6.31. The Hall–Kier alpha value is -1.64. The quantitative estimate of drug-likeness (QED) is 0.660. The van der Waals surface area contributed by atoms with Crippen molar-refractivity contribution in [3.8, 4) is 5.75 Å². The number of fused-ring (bicyclic) bond motifs is 1. The molecular weight excluding hydrogens is 174 g/mol. The molecule has 0 fully saturated rings. The predicted octanol–water partition coefficient (Wildman–Crippen LogP) is 2.82. The predicted molar refractivity (Wildman–Crippen MR) is 45.5 cm³/mol. The van der Waals surface area contributed by atoms with Crippen molar-refractivity contribution in [2.24, 2.45) is 0 Å². The van der Waals surface area contributed by atoms with Crippen LogP contribution in [0.2, 0.25) is 0 Å². The number of hydrogen-bond acceptors (Lipinski definition) is 1. The second-order valence-electron chi connectivity index (χ2n) is 2.76. The van der Waals surface area contributed by atoms with Crippen molar-refractivity contribution in [3.63, 3.8) is 0 Å². The summed E-state index contributed by atoms with van der Waals surface area (Å²) in [6.45, 7) is 0. The van der Waals surface area contributed by atoms with Crippen molar-refractivity contribution in [3.05, 3.63) is 42.0 Å². The third-order valence-electron chi connectivity index (χ3n) is 1.87. The number of aromatic hydroxyl groups is 1. The summed E-state index contributed by atoms with van der Waals surface area (Å²) >= 11 is 0. The summed E-state index contributed by atoms with van der Waals surface area (Å²) in [5.41, 5.74) is 0. The molecule has 0 radical (unpaired) electrons. The highest BCUT2D eigenvalue weighted by molar-refractivity contribution is 5.88. The van der Waals surface area contributed by atoms with Gasteiger partial charge in [0.05, 0.1) is 5.39 Å². The second kappa shape index (κ2) is 2.69. The SMILES string of the molecule is Oc1cc(F)cc2cccc(F)c12. The van der Waals surface area contributed by atoms with E-state index >= 15 is 0 Å². The number of phenolic OH excluding ortho intramolecular Hbond substituents is 1. The van der Waals surface area contributed by atoms with Crippen LogP contribution in [0.4, 0.5) is 8.78 Å². The van der Waals surface area contributed by atoms with Crippen LogP contribution in [0.5, 0.6) is 5.75 Å². The third kappa shape index (κ3) is 1.22. The molecule has 0 saturated carbocycles. The van der Waals surface area contributed by atoms with Crippen LogP contribution in [0.1, 0.15) is 0 Å². The Labute approximate surface area is 73.2 Å². The molecule has 13 heavy (non-hydrogen) atoms. The van der Waals surface area contributed by atoms with Crippen molar-refractivity contribution in [1.82, 2.24) is 0 Å². The van der Waals surface area contributed by atoms with Crippen molar-refractivity contribution in [1.29, 1.82) is 0 Å². The van der Waals surface area contributed by atoms with Gasteiger partial charge in [-0.2, -0.15) is 0 Å². The first-order valence-electron chi connectivity index (χ1n) is 3.75. The Kier molecular flexibility index (Phi) is 1.65. The van der Waals surface area contributed by atoms with Gasteiger partial charge < -0.3 is 5.11 Å². The fraction of sp³-hybridized carbons (Fsp3) is 0. The van der Waals surface area contributed by atoms with Gasteiger partial charge in [-0.05, 0) is 17.5 Å². The Morgan fingerprint density at radius 3 is 2.62 bits per heavy atom. The molecule has 0 unspecified atom stereocenters. The summed E-state index contributed by atoms with van der Waals surface area (Å²) < 4.78 is 25.8. The summed E-state index contributed by atoms with van der Waals surface area (Å²) in [5, 5.41) is 9.67. The van der Waals surface area contributed by atoms with E-state index in [0.29, 0.717) is 5.39 Å². The van der Waals surface area contributed by atoms with E-state index in [1.54, 1.807) is 6.07 Å². The minimum absolute atomic E-state index is 0.0592. The highest BCUT2D eigenvalue weighted by Crippen LogP contribution is 2.27. The average molecular weight is 180 g/mol. The van der Waals surface area contributed by atoms with E-state index in [-0.39, 0.29) is 11.1 Å². The molecule has 2 aromatic carbocycles. The monoisotopic (exact) mass is 180 g/mol. The van der Waals surface area contributed by atoms with Crippen LogP contribution >= 0.6 is 0 Å². The molecule has 0 bridgehead atoms. The average Bonchev–Trinajstić information content (AvgIpc) is 2.02. The molecule has 0 heterocycles. The van der Waals surface area contributed by atoms with Crippen LogP contribution in [0.25, 0.3) is 10.8 Å². The normalized spacial score (nSPS) is 10.6. The van der Waals surface area contributed by atoms with Crippen molar-refractivity contribution >= 4 is 10.8 Å². The first-order chi connectivity index (χ1) is 6.18. The molecule has 2 rings (SSSR count). The zero-order valence-electron chi connectivity index (χ0n) is 6.59. The van der Waals surface area contributed by atoms with Crippen molar-refractivity contribution < 1.29 is 13.9 Å². The van der Waals surface area contributed by atoms with Crippen LogP contribution in [-0.2, 0) is 0 Å². The second-order valence-corrected chi connectivity index (χ2v) is 2.76. The zero-order valence-corrected chi connectivity index (χ0v) is 6.59. The molecular formula is C10H6F2O. The van der Waals surface area contributed by atoms with Crippen LogP contribution in [0.15, 0.2) is 30.3 Å². The molecule has 0 aliphatic carbocycles. The van der Waals surface area contributed by atoms with Gasteiger partial charge in [0.1, 0.15) is 17.4 Å². The summed E-state index contributed by atoms with van der Waals surface area (Å²) in [6.07, 6.45) is 0. The highest BCUT2D eigenvalue weighted by Gasteiger charge is 2.06. The lowest BCUT2D eigenvalue weighted by atomic mass is 10.1. The molecule has 0 amide bonds. The van der Waals surface area contributed by atoms with Gasteiger partial charge in [0.25, 0.3) is 0 Å². The topological polar surface area (TPSA) is 20.2 Å². The minimum atomic E-state index is -0.574. The Bertz CT molecular complexity index is 466. The maximum Gasteiger partial charge on any atom is 0.134 e.